The van der Waals surface area contributed by atoms with Crippen molar-refractivity contribution in [3.05, 3.63) is 47.7 Å². The second-order valence-corrected chi connectivity index (χ2v) is 8.15. The number of nitriles is 1. The summed E-state index contributed by atoms with van der Waals surface area (Å²) in [5.41, 5.74) is 2.44. The first-order valence-corrected chi connectivity index (χ1v) is 10.1. The van der Waals surface area contributed by atoms with Gasteiger partial charge in [0, 0.05) is 30.8 Å². The molecule has 0 fully saturated rings. The van der Waals surface area contributed by atoms with Crippen LogP contribution in [0.5, 0.6) is 5.88 Å². The Morgan fingerprint density at radius 2 is 2.13 bits per heavy atom. The highest BCUT2D eigenvalue weighted by Crippen LogP contribution is 2.30. The van der Waals surface area contributed by atoms with Gasteiger partial charge in [-0.15, -0.1) is 0 Å². The zero-order valence-corrected chi connectivity index (χ0v) is 17.9. The van der Waals surface area contributed by atoms with Crippen molar-refractivity contribution in [1.82, 2.24) is 14.8 Å². The number of benzene rings is 1. The molecular weight excluding hydrogens is 380 g/mol. The summed E-state index contributed by atoms with van der Waals surface area (Å²) in [5.74, 6) is 0.147. The van der Waals surface area contributed by atoms with Gasteiger partial charge in [-0.05, 0) is 44.8 Å². The third-order valence-corrected chi connectivity index (χ3v) is 5.39. The Morgan fingerprint density at radius 1 is 1.37 bits per heavy atom. The molecule has 0 spiro atoms. The van der Waals surface area contributed by atoms with E-state index in [1.807, 2.05) is 38.9 Å². The van der Waals surface area contributed by atoms with Crippen molar-refractivity contribution >= 4 is 5.91 Å². The molecular formula is C23H28N4O3. The summed E-state index contributed by atoms with van der Waals surface area (Å²) < 4.78 is 6.21. The van der Waals surface area contributed by atoms with E-state index < -0.39 is 0 Å². The first kappa shape index (κ1) is 21.8. The van der Waals surface area contributed by atoms with Crippen LogP contribution in [0.2, 0.25) is 0 Å². The standard InChI is InChI=1S/C23H28N4O3/c1-15-12-27(16(2)14-28)23(29)20-9-19(18-7-5-6-17(8-18)10-24)11-25-22(20)30-21(15)13-26(3)4/h5-9,11,15-16,21,28H,12-14H2,1-4H3/t15-,16-,21+/m0/s1. The summed E-state index contributed by atoms with van der Waals surface area (Å²) in [4.78, 5) is 21.6. The lowest BCUT2D eigenvalue weighted by Gasteiger charge is -2.37. The molecule has 7 heteroatoms. The van der Waals surface area contributed by atoms with Crippen LogP contribution in [-0.2, 0) is 0 Å². The largest absolute Gasteiger partial charge is 0.472 e. The quantitative estimate of drug-likeness (QED) is 0.817. The van der Waals surface area contributed by atoms with Crippen LogP contribution in [0.3, 0.4) is 0 Å². The highest BCUT2D eigenvalue weighted by molar-refractivity contribution is 5.98. The fourth-order valence-electron chi connectivity index (χ4n) is 3.61. The summed E-state index contributed by atoms with van der Waals surface area (Å²) >= 11 is 0. The third-order valence-electron chi connectivity index (χ3n) is 5.39. The van der Waals surface area contributed by atoms with Crippen molar-refractivity contribution in [2.45, 2.75) is 26.0 Å². The predicted octanol–water partition coefficient (Wildman–Crippen LogP) is 2.40. The number of ether oxygens (including phenoxy) is 1. The number of fused-ring (bicyclic) bond motifs is 1. The Bertz CT molecular complexity index is 954. The molecule has 3 atom stereocenters. The van der Waals surface area contributed by atoms with Crippen molar-refractivity contribution < 1.29 is 14.6 Å². The fourth-order valence-corrected chi connectivity index (χ4v) is 3.61. The van der Waals surface area contributed by atoms with E-state index in [9.17, 15) is 15.2 Å². The minimum Gasteiger partial charge on any atom is -0.472 e. The van der Waals surface area contributed by atoms with Gasteiger partial charge >= 0.3 is 0 Å². The molecule has 1 N–H and O–H groups in total. The van der Waals surface area contributed by atoms with Gasteiger partial charge in [0.05, 0.1) is 24.3 Å². The maximum atomic E-state index is 13.4. The summed E-state index contributed by atoms with van der Waals surface area (Å²) in [6.07, 6.45) is 1.52. The van der Waals surface area contributed by atoms with E-state index in [2.05, 4.69) is 11.1 Å². The van der Waals surface area contributed by atoms with Crippen molar-refractivity contribution in [1.29, 1.82) is 5.26 Å². The van der Waals surface area contributed by atoms with Crippen LogP contribution >= 0.6 is 0 Å². The normalized spacial score (nSPS) is 20.0. The molecule has 2 aromatic rings. The van der Waals surface area contributed by atoms with Gasteiger partial charge in [-0.2, -0.15) is 5.26 Å². The SMILES string of the molecule is C[C@H]1CN([C@@H](C)CO)C(=O)c2cc(-c3cccc(C#N)c3)cnc2O[C@@H]1CN(C)C. The number of aromatic nitrogens is 1. The Kier molecular flexibility index (Phi) is 6.70. The first-order valence-electron chi connectivity index (χ1n) is 10.1. The molecule has 1 aliphatic rings. The van der Waals surface area contributed by atoms with E-state index in [4.69, 9.17) is 4.74 Å². The monoisotopic (exact) mass is 408 g/mol. The molecule has 0 aliphatic carbocycles. The molecule has 1 aromatic heterocycles. The summed E-state index contributed by atoms with van der Waals surface area (Å²) in [6, 6.07) is 10.8. The zero-order valence-electron chi connectivity index (χ0n) is 17.9. The molecule has 0 unspecified atom stereocenters. The number of nitrogens with zero attached hydrogens (tertiary/aromatic N) is 4. The predicted molar refractivity (Wildman–Crippen MR) is 114 cm³/mol. The van der Waals surface area contributed by atoms with Crippen LogP contribution in [0.25, 0.3) is 11.1 Å². The van der Waals surface area contributed by atoms with Gasteiger partial charge in [-0.1, -0.05) is 19.1 Å². The van der Waals surface area contributed by atoms with Crippen molar-refractivity contribution in [3.8, 4) is 23.1 Å². The third kappa shape index (κ3) is 4.61. The first-order chi connectivity index (χ1) is 14.3. The van der Waals surface area contributed by atoms with Gasteiger partial charge in [-0.3, -0.25) is 4.79 Å². The van der Waals surface area contributed by atoms with E-state index in [0.717, 1.165) is 11.1 Å². The summed E-state index contributed by atoms with van der Waals surface area (Å²) in [7, 11) is 3.96. The lowest BCUT2D eigenvalue weighted by atomic mass is 9.99. The molecule has 1 aromatic carbocycles. The summed E-state index contributed by atoms with van der Waals surface area (Å²) in [5, 5.41) is 18.9. The van der Waals surface area contributed by atoms with Crippen LogP contribution in [-0.4, -0.2) is 71.7 Å². The highest BCUT2D eigenvalue weighted by atomic mass is 16.5. The Hall–Kier alpha value is -2.95. The summed E-state index contributed by atoms with van der Waals surface area (Å²) in [6.45, 7) is 4.92. The van der Waals surface area contributed by atoms with E-state index in [1.165, 1.54) is 0 Å². The van der Waals surface area contributed by atoms with Gasteiger partial charge < -0.3 is 19.6 Å². The number of pyridine rings is 1. The lowest BCUT2D eigenvalue weighted by molar-refractivity contribution is 0.0348. The van der Waals surface area contributed by atoms with Gasteiger partial charge in [0.1, 0.15) is 11.7 Å². The number of hydrogen-bond acceptors (Lipinski definition) is 6. The molecule has 1 aliphatic heterocycles. The zero-order chi connectivity index (χ0) is 21.8. The molecule has 0 bridgehead atoms. The molecule has 0 radical (unpaired) electrons. The van der Waals surface area contributed by atoms with Crippen molar-refractivity contribution in [2.24, 2.45) is 5.92 Å². The van der Waals surface area contributed by atoms with E-state index >= 15 is 0 Å². The van der Waals surface area contributed by atoms with Gasteiger partial charge in [0.2, 0.25) is 5.88 Å². The molecule has 7 nitrogen and oxygen atoms in total. The second-order valence-electron chi connectivity index (χ2n) is 8.15. The Morgan fingerprint density at radius 3 is 2.80 bits per heavy atom. The van der Waals surface area contributed by atoms with Crippen molar-refractivity contribution in [2.75, 3.05) is 33.8 Å². The number of likely N-dealkylation sites (N-methyl/N-ethyl adjacent to an activating group) is 1. The maximum absolute atomic E-state index is 13.4. The van der Waals surface area contributed by atoms with Crippen LogP contribution in [0.4, 0.5) is 0 Å². The number of rotatable bonds is 5. The van der Waals surface area contributed by atoms with Gasteiger partial charge in [0.25, 0.3) is 5.91 Å². The minimum atomic E-state index is -0.323. The Labute approximate surface area is 177 Å². The van der Waals surface area contributed by atoms with Gasteiger partial charge in [-0.25, -0.2) is 4.98 Å². The van der Waals surface area contributed by atoms with Crippen molar-refractivity contribution in [3.63, 3.8) is 0 Å². The molecule has 0 saturated heterocycles. The van der Waals surface area contributed by atoms with Crippen LogP contribution in [0.1, 0.15) is 29.8 Å². The lowest BCUT2D eigenvalue weighted by Crippen LogP contribution is -2.49. The molecule has 30 heavy (non-hydrogen) atoms. The van der Waals surface area contributed by atoms with Crippen LogP contribution < -0.4 is 4.74 Å². The average Bonchev–Trinajstić information content (AvgIpc) is 2.75. The van der Waals surface area contributed by atoms with E-state index in [0.29, 0.717) is 30.1 Å². The molecule has 158 valence electrons. The van der Waals surface area contributed by atoms with E-state index in [-0.39, 0.29) is 30.6 Å². The number of carbonyl (C=O) groups excluding carboxylic acids is 1. The number of hydrogen-bond donors (Lipinski definition) is 1. The number of aliphatic hydroxyl groups is 1. The molecule has 0 saturated carbocycles. The smallest absolute Gasteiger partial charge is 0.259 e. The van der Waals surface area contributed by atoms with E-state index in [1.54, 1.807) is 35.4 Å². The second kappa shape index (κ2) is 9.24. The van der Waals surface area contributed by atoms with Crippen LogP contribution in [0.15, 0.2) is 36.5 Å². The maximum Gasteiger partial charge on any atom is 0.259 e. The minimum absolute atomic E-state index is 0.0623. The average molecular weight is 409 g/mol. The number of carbonyl (C=O) groups is 1. The topological polar surface area (TPSA) is 89.7 Å². The van der Waals surface area contributed by atoms with Gasteiger partial charge in [0.15, 0.2) is 0 Å². The molecule has 3 rings (SSSR count). The molecule has 1 amide bonds. The highest BCUT2D eigenvalue weighted by Gasteiger charge is 2.34. The molecule has 2 heterocycles. The van der Waals surface area contributed by atoms with Crippen LogP contribution in [0, 0.1) is 17.2 Å². The Balaban J connectivity index is 2.08. The number of aliphatic hydroxyl groups excluding tert-OH is 1. The fraction of sp³-hybridized carbons (Fsp3) is 0.435. The number of amides is 1.